The van der Waals surface area contributed by atoms with E-state index in [2.05, 4.69) is 26.1 Å². The highest BCUT2D eigenvalue weighted by atomic mass is 79.9. The fourth-order valence-electron chi connectivity index (χ4n) is 2.24. The van der Waals surface area contributed by atoms with Crippen LogP contribution in [0.2, 0.25) is 0 Å². The van der Waals surface area contributed by atoms with Crippen LogP contribution in [-0.2, 0) is 4.79 Å². The largest absolute Gasteiger partial charge is 0.480 e. The molecule has 0 aliphatic rings. The molecule has 2 aromatic rings. The van der Waals surface area contributed by atoms with Crippen molar-refractivity contribution in [3.8, 4) is 11.3 Å². The van der Waals surface area contributed by atoms with Gasteiger partial charge < -0.3 is 10.0 Å². The fourth-order valence-corrected chi connectivity index (χ4v) is 2.81. The van der Waals surface area contributed by atoms with E-state index in [4.69, 9.17) is 5.11 Å². The molecule has 0 aliphatic carbocycles. The summed E-state index contributed by atoms with van der Waals surface area (Å²) >= 11 is 3.40. The lowest BCUT2D eigenvalue weighted by atomic mass is 10.1. The average Bonchev–Trinajstić information content (AvgIpc) is 2.87. The molecule has 0 fully saturated rings. The van der Waals surface area contributed by atoms with E-state index in [1.54, 1.807) is 0 Å². The van der Waals surface area contributed by atoms with Gasteiger partial charge in [0, 0.05) is 12.1 Å². The van der Waals surface area contributed by atoms with Gasteiger partial charge in [-0.2, -0.15) is 5.10 Å². The number of aromatic amines is 1. The molecule has 0 aliphatic heterocycles. The topological polar surface area (TPSA) is 86.3 Å². The molecule has 0 bridgehead atoms. The third kappa shape index (κ3) is 4.19. The second-order valence-corrected chi connectivity index (χ2v) is 6.39. The van der Waals surface area contributed by atoms with Gasteiger partial charge >= 0.3 is 5.97 Å². The molecule has 122 valence electrons. The van der Waals surface area contributed by atoms with Gasteiger partial charge in [-0.15, -0.1) is 0 Å². The third-order valence-corrected chi connectivity index (χ3v) is 3.94. The lowest BCUT2D eigenvalue weighted by Crippen LogP contribution is -2.38. The smallest absolute Gasteiger partial charge is 0.323 e. The van der Waals surface area contributed by atoms with Crippen molar-refractivity contribution in [2.24, 2.45) is 5.92 Å². The second kappa shape index (κ2) is 7.41. The van der Waals surface area contributed by atoms with E-state index in [0.717, 1.165) is 5.56 Å². The molecule has 7 heteroatoms. The number of carbonyl (C=O) groups excluding carboxylic acids is 1. The maximum atomic E-state index is 12.6. The lowest BCUT2D eigenvalue weighted by Gasteiger charge is -2.22. The van der Waals surface area contributed by atoms with Crippen molar-refractivity contribution in [1.29, 1.82) is 0 Å². The van der Waals surface area contributed by atoms with Gasteiger partial charge in [0.05, 0.1) is 4.47 Å². The number of carbonyl (C=O) groups is 2. The standard InChI is InChI=1S/C16H18BrN3O3/c1-10(2)8-20(9-12(21)22)16(23)15-13(17)14(18-19-15)11-6-4-3-5-7-11/h3-7,10H,8-9H2,1-2H3,(H,18,19)(H,21,22). The van der Waals surface area contributed by atoms with Crippen molar-refractivity contribution in [3.05, 3.63) is 40.5 Å². The zero-order valence-corrected chi connectivity index (χ0v) is 14.5. The number of nitrogens with one attached hydrogen (secondary N) is 1. The van der Waals surface area contributed by atoms with Crippen LogP contribution >= 0.6 is 15.9 Å². The minimum Gasteiger partial charge on any atom is -0.480 e. The number of hydrogen-bond acceptors (Lipinski definition) is 3. The molecular weight excluding hydrogens is 362 g/mol. The van der Waals surface area contributed by atoms with Crippen molar-refractivity contribution in [2.75, 3.05) is 13.1 Å². The zero-order chi connectivity index (χ0) is 17.0. The minimum absolute atomic E-state index is 0.161. The van der Waals surface area contributed by atoms with E-state index >= 15 is 0 Å². The van der Waals surface area contributed by atoms with Crippen LogP contribution in [0.15, 0.2) is 34.8 Å². The number of carboxylic acids is 1. The molecule has 1 amide bonds. The predicted molar refractivity (Wildman–Crippen MR) is 90.1 cm³/mol. The quantitative estimate of drug-likeness (QED) is 0.807. The van der Waals surface area contributed by atoms with E-state index < -0.39 is 5.97 Å². The third-order valence-electron chi connectivity index (χ3n) is 3.17. The van der Waals surface area contributed by atoms with Crippen LogP contribution in [0.4, 0.5) is 0 Å². The van der Waals surface area contributed by atoms with Crippen LogP contribution in [0.1, 0.15) is 24.3 Å². The summed E-state index contributed by atoms with van der Waals surface area (Å²) in [4.78, 5) is 25.0. The first kappa shape index (κ1) is 17.2. The van der Waals surface area contributed by atoms with E-state index in [0.29, 0.717) is 16.7 Å². The predicted octanol–water partition coefficient (Wildman–Crippen LogP) is 3.02. The summed E-state index contributed by atoms with van der Waals surface area (Å²) in [6.07, 6.45) is 0. The Morgan fingerprint density at radius 1 is 1.30 bits per heavy atom. The number of halogens is 1. The van der Waals surface area contributed by atoms with Crippen molar-refractivity contribution < 1.29 is 14.7 Å². The fraction of sp³-hybridized carbons (Fsp3) is 0.312. The number of H-pyrrole nitrogens is 1. The van der Waals surface area contributed by atoms with Crippen molar-refractivity contribution in [1.82, 2.24) is 15.1 Å². The number of aliphatic carboxylic acids is 1. The molecule has 1 aromatic carbocycles. The Morgan fingerprint density at radius 2 is 1.96 bits per heavy atom. The molecule has 0 unspecified atom stereocenters. The first-order valence-electron chi connectivity index (χ1n) is 7.20. The van der Waals surface area contributed by atoms with Gasteiger partial charge in [-0.1, -0.05) is 44.2 Å². The molecule has 23 heavy (non-hydrogen) atoms. The van der Waals surface area contributed by atoms with Gasteiger partial charge in [-0.3, -0.25) is 14.7 Å². The molecule has 2 rings (SSSR count). The van der Waals surface area contributed by atoms with Crippen molar-refractivity contribution >= 4 is 27.8 Å². The zero-order valence-electron chi connectivity index (χ0n) is 12.9. The van der Waals surface area contributed by atoms with Gasteiger partial charge in [-0.25, -0.2) is 0 Å². The number of benzene rings is 1. The van der Waals surface area contributed by atoms with Gasteiger partial charge in [0.2, 0.25) is 0 Å². The molecule has 1 heterocycles. The first-order valence-corrected chi connectivity index (χ1v) is 7.99. The molecule has 0 spiro atoms. The summed E-state index contributed by atoms with van der Waals surface area (Å²) in [6, 6.07) is 9.44. The molecule has 0 atom stereocenters. The van der Waals surface area contributed by atoms with Crippen LogP contribution in [0, 0.1) is 5.92 Å². The van der Waals surface area contributed by atoms with Crippen LogP contribution in [0.25, 0.3) is 11.3 Å². The second-order valence-electron chi connectivity index (χ2n) is 5.60. The molecule has 1 aromatic heterocycles. The Bertz CT molecular complexity index is 698. The monoisotopic (exact) mass is 379 g/mol. The Morgan fingerprint density at radius 3 is 2.52 bits per heavy atom. The van der Waals surface area contributed by atoms with E-state index in [1.807, 2.05) is 44.2 Å². The van der Waals surface area contributed by atoms with E-state index in [1.165, 1.54) is 4.90 Å². The summed E-state index contributed by atoms with van der Waals surface area (Å²) < 4.78 is 0.535. The van der Waals surface area contributed by atoms with E-state index in [-0.39, 0.29) is 24.1 Å². The Labute approximate surface area is 142 Å². The number of nitrogens with zero attached hydrogens (tertiary/aromatic N) is 2. The SMILES string of the molecule is CC(C)CN(CC(=O)O)C(=O)c1[nH]nc(-c2ccccc2)c1Br. The number of hydrogen-bond donors (Lipinski definition) is 2. The Hall–Kier alpha value is -2.15. The normalized spacial score (nSPS) is 10.8. The Kier molecular flexibility index (Phi) is 5.54. The van der Waals surface area contributed by atoms with Gasteiger partial charge in [-0.05, 0) is 21.8 Å². The van der Waals surface area contributed by atoms with Crippen LogP contribution < -0.4 is 0 Å². The van der Waals surface area contributed by atoms with Crippen LogP contribution in [-0.4, -0.2) is 45.2 Å². The maximum Gasteiger partial charge on any atom is 0.323 e. The summed E-state index contributed by atoms with van der Waals surface area (Å²) in [5, 5.41) is 15.9. The van der Waals surface area contributed by atoms with Gasteiger partial charge in [0.25, 0.3) is 5.91 Å². The average molecular weight is 380 g/mol. The summed E-state index contributed by atoms with van der Waals surface area (Å²) in [5.74, 6) is -1.27. The van der Waals surface area contributed by atoms with Gasteiger partial charge in [0.1, 0.15) is 17.9 Å². The number of amides is 1. The molecule has 6 nitrogen and oxygen atoms in total. The van der Waals surface area contributed by atoms with Crippen molar-refractivity contribution in [3.63, 3.8) is 0 Å². The van der Waals surface area contributed by atoms with Crippen LogP contribution in [0.5, 0.6) is 0 Å². The minimum atomic E-state index is -1.04. The number of aromatic nitrogens is 2. The number of carboxylic acid groups (broad SMARTS) is 1. The summed E-state index contributed by atoms with van der Waals surface area (Å²) in [7, 11) is 0. The highest BCUT2D eigenvalue weighted by Crippen LogP contribution is 2.29. The molecule has 0 radical (unpaired) electrons. The molecule has 0 saturated heterocycles. The summed E-state index contributed by atoms with van der Waals surface area (Å²) in [6.45, 7) is 3.87. The molecule has 2 N–H and O–H groups in total. The molecular formula is C16H18BrN3O3. The van der Waals surface area contributed by atoms with Crippen LogP contribution in [0.3, 0.4) is 0 Å². The summed E-state index contributed by atoms with van der Waals surface area (Å²) in [5.41, 5.74) is 1.74. The highest BCUT2D eigenvalue weighted by Gasteiger charge is 2.25. The Balaban J connectivity index is 2.31. The highest BCUT2D eigenvalue weighted by molar-refractivity contribution is 9.10. The molecule has 0 saturated carbocycles. The lowest BCUT2D eigenvalue weighted by molar-refractivity contribution is -0.137. The number of rotatable bonds is 6. The first-order chi connectivity index (χ1) is 10.9. The van der Waals surface area contributed by atoms with Crippen molar-refractivity contribution in [2.45, 2.75) is 13.8 Å². The van der Waals surface area contributed by atoms with Gasteiger partial charge in [0.15, 0.2) is 0 Å². The maximum absolute atomic E-state index is 12.6. The van der Waals surface area contributed by atoms with E-state index in [9.17, 15) is 9.59 Å².